The fraction of sp³-hybridized carbons (Fsp3) is 0.667. The van der Waals surface area contributed by atoms with Gasteiger partial charge in [-0.1, -0.05) is 25.8 Å². The number of nitrogens with one attached hydrogen (secondary N) is 2. The molecule has 0 aromatic carbocycles. The molecule has 0 aliphatic heterocycles. The smallest absolute Gasteiger partial charge is 0.191 e. The minimum atomic E-state index is 0.759. The quantitative estimate of drug-likeness (QED) is 0.627. The normalized spacial score (nSPS) is 22.4. The lowest BCUT2D eigenvalue weighted by molar-refractivity contribution is 0.289. The summed E-state index contributed by atoms with van der Waals surface area (Å²) < 4.78 is 0. The molecule has 22 heavy (non-hydrogen) atoms. The van der Waals surface area contributed by atoms with Crippen LogP contribution in [0.1, 0.15) is 45.2 Å². The van der Waals surface area contributed by atoms with Crippen LogP contribution in [0.3, 0.4) is 0 Å². The van der Waals surface area contributed by atoms with E-state index in [4.69, 9.17) is 4.99 Å². The van der Waals surface area contributed by atoms with Gasteiger partial charge in [-0.3, -0.25) is 9.98 Å². The van der Waals surface area contributed by atoms with Crippen molar-refractivity contribution in [3.8, 4) is 0 Å². The Hall–Kier alpha value is -1.58. The van der Waals surface area contributed by atoms with Gasteiger partial charge in [-0.2, -0.15) is 0 Å². The molecule has 0 saturated heterocycles. The number of aliphatic imine (C=N–C) groups is 1. The number of guanidine groups is 1. The molecule has 1 heterocycles. The van der Waals surface area contributed by atoms with Crippen LogP contribution < -0.4 is 10.6 Å². The van der Waals surface area contributed by atoms with Gasteiger partial charge in [0.1, 0.15) is 0 Å². The topological polar surface area (TPSA) is 49.3 Å². The fourth-order valence-electron chi connectivity index (χ4n) is 3.14. The van der Waals surface area contributed by atoms with E-state index in [9.17, 15) is 0 Å². The lowest BCUT2D eigenvalue weighted by atomic mass is 9.82. The molecule has 4 nitrogen and oxygen atoms in total. The standard InChI is InChI=1S/C18H30N4/c1-3-19-18(21-12-10-17-9-4-5-11-20-17)22-14-16-8-6-7-15(2)13-16/h4-5,9,11,15-16H,3,6-8,10,12-14H2,1-2H3,(H2,19,21,22). The van der Waals surface area contributed by atoms with Gasteiger partial charge in [-0.15, -0.1) is 0 Å². The number of hydrogen-bond acceptors (Lipinski definition) is 2. The molecule has 0 spiro atoms. The number of rotatable bonds is 6. The first kappa shape index (κ1) is 16.8. The molecule has 2 rings (SSSR count). The predicted octanol–water partition coefficient (Wildman–Crippen LogP) is 3.01. The van der Waals surface area contributed by atoms with E-state index in [1.54, 1.807) is 0 Å². The van der Waals surface area contributed by atoms with Gasteiger partial charge >= 0.3 is 0 Å². The van der Waals surface area contributed by atoms with E-state index < -0.39 is 0 Å². The molecule has 0 bridgehead atoms. The predicted molar refractivity (Wildman–Crippen MR) is 93.0 cm³/mol. The zero-order valence-corrected chi connectivity index (χ0v) is 14.0. The highest BCUT2D eigenvalue weighted by Gasteiger charge is 2.18. The molecular formula is C18H30N4. The van der Waals surface area contributed by atoms with Gasteiger partial charge in [-0.25, -0.2) is 0 Å². The first-order chi connectivity index (χ1) is 10.8. The van der Waals surface area contributed by atoms with E-state index in [2.05, 4.69) is 35.5 Å². The van der Waals surface area contributed by atoms with Gasteiger partial charge in [0.05, 0.1) is 0 Å². The molecule has 122 valence electrons. The number of nitrogens with zero attached hydrogens (tertiary/aromatic N) is 2. The second kappa shape index (κ2) is 9.44. The van der Waals surface area contributed by atoms with Crippen molar-refractivity contribution in [3.05, 3.63) is 30.1 Å². The average molecular weight is 302 g/mol. The highest BCUT2D eigenvalue weighted by Crippen LogP contribution is 2.28. The molecule has 1 aromatic heterocycles. The van der Waals surface area contributed by atoms with Crippen molar-refractivity contribution >= 4 is 5.96 Å². The summed E-state index contributed by atoms with van der Waals surface area (Å²) in [4.78, 5) is 9.13. The van der Waals surface area contributed by atoms with Crippen molar-refractivity contribution in [3.63, 3.8) is 0 Å². The molecule has 4 heteroatoms. The molecular weight excluding hydrogens is 272 g/mol. The van der Waals surface area contributed by atoms with Gasteiger partial charge in [0.15, 0.2) is 5.96 Å². The molecule has 1 saturated carbocycles. The number of pyridine rings is 1. The van der Waals surface area contributed by atoms with E-state index in [1.807, 2.05) is 18.3 Å². The van der Waals surface area contributed by atoms with E-state index in [-0.39, 0.29) is 0 Å². The Morgan fingerprint density at radius 1 is 1.32 bits per heavy atom. The lowest BCUT2D eigenvalue weighted by Gasteiger charge is -2.25. The Bertz CT molecular complexity index is 444. The molecule has 1 aliphatic rings. The van der Waals surface area contributed by atoms with Crippen molar-refractivity contribution in [2.75, 3.05) is 19.6 Å². The Labute approximate surface area is 134 Å². The maximum absolute atomic E-state index is 4.78. The van der Waals surface area contributed by atoms with Crippen molar-refractivity contribution in [1.82, 2.24) is 15.6 Å². The summed E-state index contributed by atoms with van der Waals surface area (Å²) in [5.74, 6) is 2.57. The Balaban J connectivity index is 1.77. The summed E-state index contributed by atoms with van der Waals surface area (Å²) in [6.45, 7) is 7.19. The molecule has 0 amide bonds. The van der Waals surface area contributed by atoms with Crippen LogP contribution in [0.4, 0.5) is 0 Å². The molecule has 2 atom stereocenters. The van der Waals surface area contributed by atoms with Crippen LogP contribution in [0, 0.1) is 11.8 Å². The summed E-state index contributed by atoms with van der Waals surface area (Å²) in [6.07, 6.45) is 8.19. The van der Waals surface area contributed by atoms with Gasteiger partial charge < -0.3 is 10.6 Å². The first-order valence-electron chi connectivity index (χ1n) is 8.70. The minimum absolute atomic E-state index is 0.759. The fourth-order valence-corrected chi connectivity index (χ4v) is 3.14. The number of hydrogen-bond donors (Lipinski definition) is 2. The van der Waals surface area contributed by atoms with Crippen LogP contribution >= 0.6 is 0 Å². The minimum Gasteiger partial charge on any atom is -0.357 e. The summed E-state index contributed by atoms with van der Waals surface area (Å²) in [5.41, 5.74) is 1.12. The Kier molecular flexibility index (Phi) is 7.20. The molecule has 1 aromatic rings. The van der Waals surface area contributed by atoms with Gasteiger partial charge in [-0.05, 0) is 43.7 Å². The molecule has 0 radical (unpaired) electrons. The second-order valence-electron chi connectivity index (χ2n) is 6.36. The van der Waals surface area contributed by atoms with Crippen LogP contribution in [-0.4, -0.2) is 30.6 Å². The van der Waals surface area contributed by atoms with E-state index in [0.29, 0.717) is 0 Å². The zero-order chi connectivity index (χ0) is 15.6. The third kappa shape index (κ3) is 6.04. The van der Waals surface area contributed by atoms with Gasteiger partial charge in [0.25, 0.3) is 0 Å². The number of aromatic nitrogens is 1. The molecule has 2 N–H and O–H groups in total. The van der Waals surface area contributed by atoms with Crippen molar-refractivity contribution in [1.29, 1.82) is 0 Å². The maximum atomic E-state index is 4.78. The summed E-state index contributed by atoms with van der Waals surface area (Å²) >= 11 is 0. The van der Waals surface area contributed by atoms with Crippen LogP contribution in [-0.2, 0) is 6.42 Å². The molecule has 2 unspecified atom stereocenters. The third-order valence-electron chi connectivity index (χ3n) is 4.30. The highest BCUT2D eigenvalue weighted by molar-refractivity contribution is 5.79. The van der Waals surface area contributed by atoms with E-state index in [0.717, 1.165) is 49.5 Å². The Morgan fingerprint density at radius 2 is 2.23 bits per heavy atom. The average Bonchev–Trinajstić information content (AvgIpc) is 2.54. The summed E-state index contributed by atoms with van der Waals surface area (Å²) in [7, 11) is 0. The zero-order valence-electron chi connectivity index (χ0n) is 14.0. The lowest BCUT2D eigenvalue weighted by Crippen LogP contribution is -2.38. The summed E-state index contributed by atoms with van der Waals surface area (Å²) in [5, 5.41) is 6.76. The third-order valence-corrected chi connectivity index (χ3v) is 4.30. The second-order valence-corrected chi connectivity index (χ2v) is 6.36. The van der Waals surface area contributed by atoms with Crippen molar-refractivity contribution < 1.29 is 0 Å². The maximum Gasteiger partial charge on any atom is 0.191 e. The van der Waals surface area contributed by atoms with Crippen LogP contribution in [0.25, 0.3) is 0 Å². The first-order valence-corrected chi connectivity index (χ1v) is 8.70. The largest absolute Gasteiger partial charge is 0.357 e. The summed E-state index contributed by atoms with van der Waals surface area (Å²) in [6, 6.07) is 6.05. The highest BCUT2D eigenvalue weighted by atomic mass is 15.2. The van der Waals surface area contributed by atoms with Gasteiger partial charge in [0, 0.05) is 37.9 Å². The van der Waals surface area contributed by atoms with Crippen LogP contribution in [0.5, 0.6) is 0 Å². The van der Waals surface area contributed by atoms with Gasteiger partial charge in [0.2, 0.25) is 0 Å². The Morgan fingerprint density at radius 3 is 2.95 bits per heavy atom. The molecule has 1 aliphatic carbocycles. The SMILES string of the molecule is CCNC(=NCC1CCCC(C)C1)NCCc1ccccn1. The van der Waals surface area contributed by atoms with Crippen molar-refractivity contribution in [2.45, 2.75) is 46.0 Å². The van der Waals surface area contributed by atoms with E-state index >= 15 is 0 Å². The molecule has 1 fully saturated rings. The monoisotopic (exact) mass is 302 g/mol. The van der Waals surface area contributed by atoms with Crippen LogP contribution in [0.2, 0.25) is 0 Å². The van der Waals surface area contributed by atoms with Crippen molar-refractivity contribution in [2.24, 2.45) is 16.8 Å². The van der Waals surface area contributed by atoms with E-state index in [1.165, 1.54) is 25.7 Å². The van der Waals surface area contributed by atoms with Crippen LogP contribution in [0.15, 0.2) is 29.4 Å².